The van der Waals surface area contributed by atoms with Crippen LogP contribution in [-0.2, 0) is 0 Å². The molecular formula is C25H16Cl2N2O2. The number of carbonyl (C=O) groups excluding carboxylic acids is 1. The Balaban J connectivity index is 1.51. The molecule has 4 nitrogen and oxygen atoms in total. The number of nitrogens with one attached hydrogen (secondary N) is 1. The van der Waals surface area contributed by atoms with Gasteiger partial charge in [0.05, 0.1) is 0 Å². The van der Waals surface area contributed by atoms with Crippen LogP contribution in [0.1, 0.15) is 15.9 Å². The standard InChI is InChI=1S/C25H16Cl2N2O2/c1-14-8-9-15(25-29-22-13-16(26)10-11-23(22)31-25)12-21(14)28-24(30)19-6-2-5-18-17(19)4-3-7-20(18)27/h2-13H,1H3,(H,28,30). The van der Waals surface area contributed by atoms with Crippen molar-refractivity contribution in [1.29, 1.82) is 0 Å². The lowest BCUT2D eigenvalue weighted by Crippen LogP contribution is -2.13. The lowest BCUT2D eigenvalue weighted by molar-refractivity contribution is 0.102. The maximum absolute atomic E-state index is 13.1. The van der Waals surface area contributed by atoms with Crippen molar-refractivity contribution >= 4 is 56.7 Å². The zero-order chi connectivity index (χ0) is 21.5. The van der Waals surface area contributed by atoms with Crippen molar-refractivity contribution in [3.8, 4) is 11.5 Å². The van der Waals surface area contributed by atoms with Crippen molar-refractivity contribution in [2.24, 2.45) is 0 Å². The molecule has 0 bridgehead atoms. The van der Waals surface area contributed by atoms with Gasteiger partial charge < -0.3 is 9.73 Å². The van der Waals surface area contributed by atoms with Gasteiger partial charge in [-0.1, -0.05) is 53.5 Å². The van der Waals surface area contributed by atoms with Gasteiger partial charge in [0.2, 0.25) is 5.89 Å². The number of anilines is 1. The predicted molar refractivity (Wildman–Crippen MR) is 126 cm³/mol. The molecule has 152 valence electrons. The molecule has 1 aromatic heterocycles. The second-order valence-corrected chi connectivity index (χ2v) is 8.10. The molecule has 31 heavy (non-hydrogen) atoms. The summed E-state index contributed by atoms with van der Waals surface area (Å²) in [5, 5.41) is 5.87. The Bertz CT molecular complexity index is 1470. The first-order valence-corrected chi connectivity index (χ1v) is 10.4. The smallest absolute Gasteiger partial charge is 0.256 e. The third-order valence-corrected chi connectivity index (χ3v) is 5.76. The molecule has 6 heteroatoms. The second-order valence-electron chi connectivity index (χ2n) is 7.26. The number of halogens is 2. The first-order valence-electron chi connectivity index (χ1n) is 9.65. The van der Waals surface area contributed by atoms with Crippen LogP contribution in [0.2, 0.25) is 10.0 Å². The molecule has 0 saturated carbocycles. The van der Waals surface area contributed by atoms with Gasteiger partial charge in [0.25, 0.3) is 5.91 Å². The fourth-order valence-electron chi connectivity index (χ4n) is 3.57. The number of hydrogen-bond acceptors (Lipinski definition) is 3. The van der Waals surface area contributed by atoms with Crippen molar-refractivity contribution in [3.05, 3.63) is 94.0 Å². The number of oxazole rings is 1. The molecule has 0 aliphatic carbocycles. The van der Waals surface area contributed by atoms with Gasteiger partial charge in [-0.2, -0.15) is 0 Å². The van der Waals surface area contributed by atoms with Gasteiger partial charge in [-0.15, -0.1) is 0 Å². The molecule has 5 rings (SSSR count). The van der Waals surface area contributed by atoms with Gasteiger partial charge >= 0.3 is 0 Å². The largest absolute Gasteiger partial charge is 0.436 e. The summed E-state index contributed by atoms with van der Waals surface area (Å²) in [6.45, 7) is 1.94. The van der Waals surface area contributed by atoms with E-state index in [0.717, 1.165) is 21.9 Å². The lowest BCUT2D eigenvalue weighted by Gasteiger charge is -2.12. The van der Waals surface area contributed by atoms with Crippen LogP contribution in [-0.4, -0.2) is 10.9 Å². The monoisotopic (exact) mass is 446 g/mol. The van der Waals surface area contributed by atoms with Crippen molar-refractivity contribution in [3.63, 3.8) is 0 Å². The molecule has 1 N–H and O–H groups in total. The van der Waals surface area contributed by atoms with E-state index in [9.17, 15) is 4.79 Å². The Hall–Kier alpha value is -3.34. The molecule has 0 aliphatic heterocycles. The van der Waals surface area contributed by atoms with Crippen LogP contribution in [0, 0.1) is 6.92 Å². The topological polar surface area (TPSA) is 55.1 Å². The maximum Gasteiger partial charge on any atom is 0.256 e. The third-order valence-electron chi connectivity index (χ3n) is 5.20. The van der Waals surface area contributed by atoms with Crippen molar-refractivity contribution in [2.75, 3.05) is 5.32 Å². The highest BCUT2D eigenvalue weighted by Gasteiger charge is 2.15. The van der Waals surface area contributed by atoms with Gasteiger partial charge in [-0.25, -0.2) is 4.98 Å². The summed E-state index contributed by atoms with van der Waals surface area (Å²) in [7, 11) is 0. The summed E-state index contributed by atoms with van der Waals surface area (Å²) in [5.41, 5.74) is 4.26. The minimum absolute atomic E-state index is 0.211. The maximum atomic E-state index is 13.1. The Morgan fingerprint density at radius 2 is 1.74 bits per heavy atom. The molecule has 0 fully saturated rings. The quantitative estimate of drug-likeness (QED) is 0.311. The molecule has 1 heterocycles. The SMILES string of the molecule is Cc1ccc(-c2nc3cc(Cl)ccc3o2)cc1NC(=O)c1cccc2c(Cl)cccc12. The number of benzene rings is 4. The summed E-state index contributed by atoms with van der Waals surface area (Å²) in [4.78, 5) is 17.6. The van der Waals surface area contributed by atoms with Crippen LogP contribution in [0.5, 0.6) is 0 Å². The highest BCUT2D eigenvalue weighted by Crippen LogP contribution is 2.30. The molecular weight excluding hydrogens is 431 g/mol. The summed E-state index contributed by atoms with van der Waals surface area (Å²) >= 11 is 12.3. The van der Waals surface area contributed by atoms with E-state index in [1.54, 1.807) is 24.3 Å². The molecule has 0 radical (unpaired) electrons. The van der Waals surface area contributed by atoms with Crippen molar-refractivity contribution in [2.45, 2.75) is 6.92 Å². The second kappa shape index (κ2) is 7.73. The Morgan fingerprint density at radius 1 is 0.935 bits per heavy atom. The van der Waals surface area contributed by atoms with Gasteiger partial charge in [0.1, 0.15) is 5.52 Å². The van der Waals surface area contributed by atoms with Gasteiger partial charge in [-0.3, -0.25) is 4.79 Å². The van der Waals surface area contributed by atoms with Crippen LogP contribution >= 0.6 is 23.2 Å². The van der Waals surface area contributed by atoms with Crippen LogP contribution in [0.3, 0.4) is 0 Å². The van der Waals surface area contributed by atoms with Crippen LogP contribution < -0.4 is 5.32 Å². The number of carbonyl (C=O) groups is 1. The highest BCUT2D eigenvalue weighted by atomic mass is 35.5. The van der Waals surface area contributed by atoms with E-state index in [0.29, 0.717) is 38.3 Å². The number of aromatic nitrogens is 1. The molecule has 0 atom stereocenters. The summed E-state index contributed by atoms with van der Waals surface area (Å²) in [6, 6.07) is 22.1. The zero-order valence-corrected chi connectivity index (χ0v) is 18.0. The molecule has 5 aromatic rings. The fourth-order valence-corrected chi connectivity index (χ4v) is 3.98. The van der Waals surface area contributed by atoms with Crippen molar-refractivity contribution in [1.82, 2.24) is 4.98 Å². The average Bonchev–Trinajstić information content (AvgIpc) is 3.18. The molecule has 4 aromatic carbocycles. The number of nitrogens with zero attached hydrogens (tertiary/aromatic N) is 1. The van der Waals surface area contributed by atoms with Gasteiger partial charge in [-0.05, 0) is 60.3 Å². The number of aryl methyl sites for hydroxylation is 1. The van der Waals surface area contributed by atoms with E-state index in [-0.39, 0.29) is 5.91 Å². The summed E-state index contributed by atoms with van der Waals surface area (Å²) < 4.78 is 5.87. The molecule has 0 unspecified atom stereocenters. The van der Waals surface area contributed by atoms with Gasteiger partial charge in [0.15, 0.2) is 5.58 Å². The molecule has 0 saturated heterocycles. The van der Waals surface area contributed by atoms with E-state index in [4.69, 9.17) is 27.6 Å². The summed E-state index contributed by atoms with van der Waals surface area (Å²) in [5.74, 6) is 0.252. The number of hydrogen-bond donors (Lipinski definition) is 1. The Kier molecular flexibility index (Phi) is 4.89. The van der Waals surface area contributed by atoms with Crippen LogP contribution in [0.15, 0.2) is 77.2 Å². The first kappa shape index (κ1) is 19.6. The average molecular weight is 447 g/mol. The number of rotatable bonds is 3. The van der Waals surface area contributed by atoms with Crippen molar-refractivity contribution < 1.29 is 9.21 Å². The molecule has 0 aliphatic rings. The minimum Gasteiger partial charge on any atom is -0.436 e. The predicted octanol–water partition coefficient (Wildman–Crippen LogP) is 7.52. The zero-order valence-electron chi connectivity index (χ0n) is 16.4. The van der Waals surface area contributed by atoms with E-state index >= 15 is 0 Å². The minimum atomic E-state index is -0.211. The third kappa shape index (κ3) is 3.65. The lowest BCUT2D eigenvalue weighted by atomic mass is 10.0. The highest BCUT2D eigenvalue weighted by molar-refractivity contribution is 6.36. The number of amides is 1. The summed E-state index contributed by atoms with van der Waals surface area (Å²) in [6.07, 6.45) is 0. The van der Waals surface area contributed by atoms with E-state index in [1.165, 1.54) is 0 Å². The van der Waals surface area contributed by atoms with Crippen LogP contribution in [0.25, 0.3) is 33.3 Å². The first-order chi connectivity index (χ1) is 15.0. The molecule has 1 amide bonds. The van der Waals surface area contributed by atoms with Gasteiger partial charge in [0, 0.05) is 32.2 Å². The normalized spacial score (nSPS) is 11.2. The Labute approximate surface area is 188 Å². The van der Waals surface area contributed by atoms with E-state index < -0.39 is 0 Å². The fraction of sp³-hybridized carbons (Fsp3) is 0.0400. The van der Waals surface area contributed by atoms with E-state index in [2.05, 4.69) is 10.3 Å². The number of fused-ring (bicyclic) bond motifs is 2. The van der Waals surface area contributed by atoms with Crippen LogP contribution in [0.4, 0.5) is 5.69 Å². The molecule has 0 spiro atoms. The Morgan fingerprint density at radius 3 is 2.61 bits per heavy atom. The van der Waals surface area contributed by atoms with E-state index in [1.807, 2.05) is 55.5 Å².